The van der Waals surface area contributed by atoms with Gasteiger partial charge in [0, 0.05) is 5.02 Å². The van der Waals surface area contributed by atoms with Crippen molar-refractivity contribution in [3.05, 3.63) is 64.3 Å². The summed E-state index contributed by atoms with van der Waals surface area (Å²) in [7, 11) is 0. The maximum absolute atomic E-state index is 12.2. The molecule has 160 valence electrons. The van der Waals surface area contributed by atoms with E-state index in [-0.39, 0.29) is 18.1 Å². The predicted molar refractivity (Wildman–Crippen MR) is 102 cm³/mol. The Bertz CT molecular complexity index is 1020. The zero-order valence-electron chi connectivity index (χ0n) is 15.1. The molecule has 0 saturated carbocycles. The molecule has 0 aliphatic rings. The van der Waals surface area contributed by atoms with Gasteiger partial charge in [0.2, 0.25) is 0 Å². The third-order valence-corrected chi connectivity index (χ3v) is 4.06. The molecule has 1 amide bonds. The molecule has 3 aromatic rings. The smallest absolute Gasteiger partial charge is 0.411 e. The Kier molecular flexibility index (Phi) is 6.91. The minimum absolute atomic E-state index is 0.0110. The molecule has 0 aliphatic heterocycles. The van der Waals surface area contributed by atoms with E-state index in [9.17, 15) is 18.0 Å². The highest BCUT2D eigenvalue weighted by Gasteiger charge is 2.27. The van der Waals surface area contributed by atoms with Gasteiger partial charge in [-0.15, -0.1) is 0 Å². The lowest BCUT2D eigenvalue weighted by Gasteiger charge is -2.07. The highest BCUT2D eigenvalue weighted by molar-refractivity contribution is 6.35. The monoisotopic (exact) mass is 463 g/mol. The Balaban J connectivity index is 1.51. The number of alkyl halides is 3. The molecular weight excluding hydrogens is 450 g/mol. The van der Waals surface area contributed by atoms with Crippen LogP contribution in [0.15, 0.2) is 47.1 Å². The summed E-state index contributed by atoms with van der Waals surface area (Å²) in [6.07, 6.45) is -1.84. The second kappa shape index (κ2) is 9.41. The Morgan fingerprint density at radius 3 is 2.77 bits per heavy atom. The first-order valence-corrected chi connectivity index (χ1v) is 9.10. The molecule has 3 rings (SSSR count). The minimum Gasteiger partial charge on any atom is -0.484 e. The van der Waals surface area contributed by atoms with E-state index in [1.807, 2.05) is 0 Å². The van der Waals surface area contributed by atoms with Crippen LogP contribution < -0.4 is 10.1 Å². The lowest BCUT2D eigenvalue weighted by molar-refractivity contribution is -0.182. The molecule has 2 heterocycles. The van der Waals surface area contributed by atoms with Gasteiger partial charge < -0.3 is 19.2 Å². The Labute approximate surface area is 178 Å². The average Bonchev–Trinajstić information content (AvgIpc) is 3.29. The normalized spacial score (nSPS) is 11.5. The number of nitrogens with zero attached hydrogens (tertiary/aromatic N) is 2. The number of nitrogens with one attached hydrogen (secondary N) is 1. The number of carbonyl (C=O) groups excluding carboxylic acids is 1. The summed E-state index contributed by atoms with van der Waals surface area (Å²) in [5.41, 5.74) is 0.262. The molecule has 0 spiro atoms. The van der Waals surface area contributed by atoms with Crippen LogP contribution in [0.1, 0.15) is 16.3 Å². The number of hydrogen-bond donors (Lipinski definition) is 1. The van der Waals surface area contributed by atoms with Crippen LogP contribution in [0, 0.1) is 0 Å². The molecule has 0 saturated heterocycles. The van der Waals surface area contributed by atoms with Gasteiger partial charge in [-0.3, -0.25) is 4.79 Å². The molecule has 1 N–H and O–H groups in total. The van der Waals surface area contributed by atoms with Crippen molar-refractivity contribution in [3.8, 4) is 5.75 Å². The van der Waals surface area contributed by atoms with Gasteiger partial charge in [0.1, 0.15) is 31.5 Å². The number of anilines is 1. The molecule has 30 heavy (non-hydrogen) atoms. The van der Waals surface area contributed by atoms with Crippen LogP contribution in [-0.4, -0.2) is 28.5 Å². The number of amides is 1. The first-order chi connectivity index (χ1) is 14.2. The number of carbonyl (C=O) groups is 1. The van der Waals surface area contributed by atoms with Gasteiger partial charge in [-0.05, 0) is 30.3 Å². The van der Waals surface area contributed by atoms with Gasteiger partial charge in [-0.25, -0.2) is 4.68 Å². The Morgan fingerprint density at radius 1 is 1.23 bits per heavy atom. The van der Waals surface area contributed by atoms with Gasteiger partial charge in [0.25, 0.3) is 5.91 Å². The number of rotatable bonds is 8. The Morgan fingerprint density at radius 2 is 2.03 bits per heavy atom. The number of aromatic nitrogens is 2. The van der Waals surface area contributed by atoms with Crippen molar-refractivity contribution in [2.75, 3.05) is 11.9 Å². The van der Waals surface area contributed by atoms with Crippen molar-refractivity contribution >= 4 is 34.8 Å². The number of hydrogen-bond acceptors (Lipinski definition) is 5. The van der Waals surface area contributed by atoms with Gasteiger partial charge >= 0.3 is 6.18 Å². The van der Waals surface area contributed by atoms with E-state index in [1.165, 1.54) is 24.5 Å². The fraction of sp³-hybridized carbons (Fsp3) is 0.222. The minimum atomic E-state index is -4.43. The summed E-state index contributed by atoms with van der Waals surface area (Å²) in [5.74, 6) is 0.226. The van der Waals surface area contributed by atoms with Crippen LogP contribution in [-0.2, 0) is 18.1 Å². The topological polar surface area (TPSA) is 78.5 Å². The van der Waals surface area contributed by atoms with E-state index in [4.69, 9.17) is 32.4 Å². The van der Waals surface area contributed by atoms with Crippen LogP contribution in [0.4, 0.5) is 18.9 Å². The predicted octanol–water partition coefficient (Wildman–Crippen LogP) is 5.15. The Hall–Kier alpha value is -2.69. The highest BCUT2D eigenvalue weighted by atomic mass is 35.5. The molecule has 0 atom stereocenters. The van der Waals surface area contributed by atoms with Gasteiger partial charge in [-0.1, -0.05) is 23.2 Å². The summed E-state index contributed by atoms with van der Waals surface area (Å²) in [5, 5.41) is 7.13. The van der Waals surface area contributed by atoms with Gasteiger partial charge in [0.05, 0.1) is 23.1 Å². The number of furan rings is 1. The fourth-order valence-electron chi connectivity index (χ4n) is 2.26. The number of benzene rings is 1. The molecule has 0 fully saturated rings. The first kappa shape index (κ1) is 22.0. The first-order valence-electron chi connectivity index (χ1n) is 8.34. The second-order valence-corrected chi connectivity index (χ2v) is 6.79. The van der Waals surface area contributed by atoms with Crippen molar-refractivity contribution < 1.29 is 31.9 Å². The molecule has 0 aliphatic carbocycles. The number of ether oxygens (including phenoxy) is 2. The van der Waals surface area contributed by atoms with Crippen LogP contribution in [0.3, 0.4) is 0 Å². The third kappa shape index (κ3) is 6.41. The fourth-order valence-corrected chi connectivity index (χ4v) is 2.73. The summed E-state index contributed by atoms with van der Waals surface area (Å²) >= 11 is 11.8. The SMILES string of the molecule is O=C(Nc1cnn(COCC(F)(F)F)c1)c1ccc(COc2ccc(Cl)cc2Cl)o1. The summed E-state index contributed by atoms with van der Waals surface area (Å²) in [6, 6.07) is 7.78. The molecule has 2 aromatic heterocycles. The molecule has 7 nitrogen and oxygen atoms in total. The van der Waals surface area contributed by atoms with E-state index in [0.29, 0.717) is 21.6 Å². The third-order valence-electron chi connectivity index (χ3n) is 3.53. The van der Waals surface area contributed by atoms with E-state index < -0.39 is 25.4 Å². The van der Waals surface area contributed by atoms with Crippen LogP contribution in [0.2, 0.25) is 10.0 Å². The lowest BCUT2D eigenvalue weighted by Crippen LogP contribution is -2.18. The molecule has 0 radical (unpaired) electrons. The summed E-state index contributed by atoms with van der Waals surface area (Å²) < 4.78 is 52.8. The standard InChI is InChI=1S/C18H14Cl2F3N3O4/c19-11-1-3-15(14(20)5-11)29-8-13-2-4-16(30-13)17(27)25-12-6-24-26(7-12)10-28-9-18(21,22)23/h1-7H,8-10H2,(H,25,27). The van der Waals surface area contributed by atoms with E-state index >= 15 is 0 Å². The van der Waals surface area contributed by atoms with E-state index in [2.05, 4.69) is 15.2 Å². The average molecular weight is 464 g/mol. The van der Waals surface area contributed by atoms with Crippen molar-refractivity contribution in [2.45, 2.75) is 19.5 Å². The van der Waals surface area contributed by atoms with Gasteiger partial charge in [0.15, 0.2) is 5.76 Å². The lowest BCUT2D eigenvalue weighted by atomic mass is 10.3. The van der Waals surface area contributed by atoms with E-state index in [1.54, 1.807) is 18.2 Å². The zero-order valence-corrected chi connectivity index (χ0v) is 16.6. The van der Waals surface area contributed by atoms with Crippen molar-refractivity contribution in [2.24, 2.45) is 0 Å². The summed E-state index contributed by atoms with van der Waals surface area (Å²) in [4.78, 5) is 12.2. The van der Waals surface area contributed by atoms with Crippen LogP contribution >= 0.6 is 23.2 Å². The molecule has 0 bridgehead atoms. The zero-order chi connectivity index (χ0) is 21.7. The quantitative estimate of drug-likeness (QED) is 0.499. The number of halogens is 5. The molecule has 0 unspecified atom stereocenters. The van der Waals surface area contributed by atoms with Crippen LogP contribution in [0.25, 0.3) is 0 Å². The molecule has 1 aromatic carbocycles. The van der Waals surface area contributed by atoms with Crippen molar-refractivity contribution in [1.29, 1.82) is 0 Å². The second-order valence-electron chi connectivity index (χ2n) is 5.94. The molecule has 12 heteroatoms. The highest BCUT2D eigenvalue weighted by Crippen LogP contribution is 2.28. The maximum Gasteiger partial charge on any atom is 0.411 e. The maximum atomic E-state index is 12.2. The molecular formula is C18H14Cl2F3N3O4. The van der Waals surface area contributed by atoms with Crippen molar-refractivity contribution in [1.82, 2.24) is 9.78 Å². The van der Waals surface area contributed by atoms with Gasteiger partial charge in [-0.2, -0.15) is 18.3 Å². The summed E-state index contributed by atoms with van der Waals surface area (Å²) in [6.45, 7) is -1.78. The largest absolute Gasteiger partial charge is 0.484 e. The van der Waals surface area contributed by atoms with Crippen molar-refractivity contribution in [3.63, 3.8) is 0 Å². The van der Waals surface area contributed by atoms with Crippen LogP contribution in [0.5, 0.6) is 5.75 Å². The van der Waals surface area contributed by atoms with E-state index in [0.717, 1.165) is 4.68 Å².